The Labute approximate surface area is 276 Å². The minimum atomic E-state index is -2.86. The molecule has 0 saturated heterocycles. The lowest BCUT2D eigenvalue weighted by atomic mass is 9.74. The summed E-state index contributed by atoms with van der Waals surface area (Å²) in [4.78, 5) is 0. The van der Waals surface area contributed by atoms with Gasteiger partial charge in [-0.05, 0) is 84.7 Å². The van der Waals surface area contributed by atoms with Gasteiger partial charge < -0.3 is 9.61 Å². The van der Waals surface area contributed by atoms with Gasteiger partial charge in [0.15, 0.2) is 6.42 Å². The second-order valence-corrected chi connectivity index (χ2v) is 20.2. The summed E-state index contributed by atoms with van der Waals surface area (Å²) in [5, 5.41) is 5.32. The van der Waals surface area contributed by atoms with E-state index in [1.165, 1.54) is 38.7 Å². The highest BCUT2D eigenvalue weighted by molar-refractivity contribution is 8.16. The van der Waals surface area contributed by atoms with E-state index in [1.54, 1.807) is 0 Å². The molecule has 1 N–H and O–H groups in total. The highest BCUT2D eigenvalue weighted by Crippen LogP contribution is 2.54. The van der Waals surface area contributed by atoms with Crippen LogP contribution < -0.4 is 10.4 Å². The highest BCUT2D eigenvalue weighted by Gasteiger charge is 2.35. The average Bonchev–Trinajstić information content (AvgIpc) is 2.89. The average molecular weight is 634 g/mol. The van der Waals surface area contributed by atoms with Gasteiger partial charge in [0.25, 0.3) is 0 Å². The molecule has 0 radical (unpaired) electrons. The molecule has 3 aromatic rings. The molecule has 0 heterocycles. The number of nitrogens with one attached hydrogen (secondary N) is 1. The molecule has 0 spiro atoms. The molecule has 3 aromatic carbocycles. The third-order valence-electron chi connectivity index (χ3n) is 8.53. The Hall–Kier alpha value is -1.93. The summed E-state index contributed by atoms with van der Waals surface area (Å²) in [6.07, 6.45) is -2.86. The fraction of sp³-hybridized carbons (Fsp3) is 0.550. The van der Waals surface area contributed by atoms with Crippen molar-refractivity contribution in [1.82, 2.24) is 0 Å². The molecule has 0 aliphatic heterocycles. The molecule has 3 rings (SSSR count). The minimum absolute atomic E-state index is 0.0187. The smallest absolute Gasteiger partial charge is 0.184 e. The Kier molecular flexibility index (Phi) is 11.2. The first kappa shape index (κ1) is 36.5. The molecule has 242 valence electrons. The molecule has 0 aromatic heterocycles. The highest BCUT2D eigenvalue weighted by atomic mass is 32.4. The summed E-state index contributed by atoms with van der Waals surface area (Å²) in [5.74, 6) is 1.04. The zero-order valence-electron chi connectivity index (χ0n) is 30.4. The summed E-state index contributed by atoms with van der Waals surface area (Å²) < 4.78 is 7.14. The monoisotopic (exact) mass is 633 g/mol. The maximum Gasteiger partial charge on any atom is 0.184 e. The van der Waals surface area contributed by atoms with E-state index in [1.807, 2.05) is 0 Å². The van der Waals surface area contributed by atoms with Crippen molar-refractivity contribution in [2.24, 2.45) is 0 Å². The number of benzene rings is 3. The molecule has 0 saturated carbocycles. The van der Waals surface area contributed by atoms with Gasteiger partial charge in [-0.3, -0.25) is 0 Å². The van der Waals surface area contributed by atoms with Gasteiger partial charge in [-0.25, -0.2) is 0 Å². The molecule has 44 heavy (non-hydrogen) atoms. The van der Waals surface area contributed by atoms with E-state index in [9.17, 15) is 0 Å². The van der Waals surface area contributed by atoms with Crippen LogP contribution in [-0.2, 0) is 39.2 Å². The number of rotatable bonds is 9. The molecule has 0 amide bonds. The Bertz CT molecular complexity index is 1420. The van der Waals surface area contributed by atoms with Gasteiger partial charge in [0.2, 0.25) is 0 Å². The molecule has 1 atom stereocenters. The summed E-state index contributed by atoms with van der Waals surface area (Å²) in [7, 11) is 0. The number of hydrogen-bond donors (Lipinski definition) is 1. The van der Waals surface area contributed by atoms with Crippen LogP contribution >= 0.6 is 6.42 Å². The third kappa shape index (κ3) is 8.45. The summed E-state index contributed by atoms with van der Waals surface area (Å²) in [6, 6.07) is 20.1. The molecule has 0 aliphatic carbocycles. The predicted molar refractivity (Wildman–Crippen MR) is 200 cm³/mol. The van der Waals surface area contributed by atoms with Crippen LogP contribution in [0.25, 0.3) is 0 Å². The zero-order valence-corrected chi connectivity index (χ0v) is 32.1. The number of hydrogen-bond acceptors (Lipinski definition) is 2. The topological polar surface area (TPSA) is 21.3 Å². The van der Waals surface area contributed by atoms with Crippen LogP contribution in [0.4, 0.5) is 5.69 Å². The fourth-order valence-corrected chi connectivity index (χ4v) is 9.24. The molecular weight excluding hydrogens is 573 g/mol. The molecular formula is C40H60NOPS. The first-order valence-electron chi connectivity index (χ1n) is 16.5. The van der Waals surface area contributed by atoms with E-state index in [2.05, 4.69) is 164 Å². The lowest BCUT2D eigenvalue weighted by molar-refractivity contribution is 0.346. The van der Waals surface area contributed by atoms with Crippen molar-refractivity contribution in [3.8, 4) is 0 Å². The van der Waals surface area contributed by atoms with E-state index < -0.39 is 6.42 Å². The Morgan fingerprint density at radius 1 is 0.659 bits per heavy atom. The maximum atomic E-state index is 7.14. The minimum Gasteiger partial charge on any atom is -0.333 e. The molecule has 0 fully saturated rings. The second-order valence-electron chi connectivity index (χ2n) is 16.6. The standard InChI is InChI=1S/C40H60NOPS/c1-26(2)30-21-32(27(3)4)37(33(22-30)28(5)6)43(44,42-25-29-19-17-16-18-20-29)41-36-34(39(10,11)12)23-31(38(7,8)9)24-35(36)40(13,14)15/h16-24,26-28H,25H2,1-15H3,(H,41,44). The van der Waals surface area contributed by atoms with E-state index in [0.29, 0.717) is 24.4 Å². The van der Waals surface area contributed by atoms with Gasteiger partial charge in [-0.15, -0.1) is 0 Å². The van der Waals surface area contributed by atoms with Gasteiger partial charge >= 0.3 is 0 Å². The van der Waals surface area contributed by atoms with Gasteiger partial charge in [-0.2, -0.15) is 0 Å². The third-order valence-corrected chi connectivity index (χ3v) is 11.8. The van der Waals surface area contributed by atoms with Gasteiger partial charge in [0, 0.05) is 11.0 Å². The van der Waals surface area contributed by atoms with Crippen molar-refractivity contribution in [3.05, 3.63) is 93.5 Å². The SMILES string of the molecule is CC(C)c1cc(C(C)C)c(P(=S)(Nc2c(C(C)(C)C)cc(C(C)(C)C)cc2C(C)(C)C)OCc2ccccc2)c(C(C)C)c1. The van der Waals surface area contributed by atoms with E-state index in [-0.39, 0.29) is 16.2 Å². The van der Waals surface area contributed by atoms with Gasteiger partial charge in [0.1, 0.15) is 0 Å². The van der Waals surface area contributed by atoms with Crippen molar-refractivity contribution in [2.75, 3.05) is 5.09 Å². The zero-order chi connectivity index (χ0) is 33.4. The predicted octanol–water partition coefficient (Wildman–Crippen LogP) is 12.2. The normalized spacial score (nSPS) is 14.4. The Balaban J connectivity index is 2.47. The van der Waals surface area contributed by atoms with Crippen molar-refractivity contribution in [1.29, 1.82) is 0 Å². The van der Waals surface area contributed by atoms with Crippen LogP contribution in [0.3, 0.4) is 0 Å². The van der Waals surface area contributed by atoms with Crippen LogP contribution in [0.5, 0.6) is 0 Å². The van der Waals surface area contributed by atoms with Crippen LogP contribution in [0, 0.1) is 0 Å². The molecule has 0 aliphatic rings. The molecule has 2 nitrogen and oxygen atoms in total. The van der Waals surface area contributed by atoms with Gasteiger partial charge in [-0.1, -0.05) is 158 Å². The van der Waals surface area contributed by atoms with Crippen molar-refractivity contribution in [3.63, 3.8) is 0 Å². The second kappa shape index (κ2) is 13.4. The van der Waals surface area contributed by atoms with Gasteiger partial charge in [0.05, 0.1) is 6.61 Å². The van der Waals surface area contributed by atoms with E-state index >= 15 is 0 Å². The Morgan fingerprint density at radius 2 is 1.11 bits per heavy atom. The first-order chi connectivity index (χ1) is 20.1. The molecule has 0 bridgehead atoms. The largest absolute Gasteiger partial charge is 0.333 e. The maximum absolute atomic E-state index is 7.14. The quantitative estimate of drug-likeness (QED) is 0.237. The van der Waals surface area contributed by atoms with Crippen molar-refractivity contribution < 1.29 is 4.52 Å². The fourth-order valence-electron chi connectivity index (χ4n) is 5.68. The molecule has 4 heteroatoms. The van der Waals surface area contributed by atoms with E-state index in [4.69, 9.17) is 16.3 Å². The summed E-state index contributed by atoms with van der Waals surface area (Å²) in [6.45, 7) is 35.0. The van der Waals surface area contributed by atoms with Crippen LogP contribution in [0.15, 0.2) is 54.6 Å². The van der Waals surface area contributed by atoms with E-state index in [0.717, 1.165) is 11.3 Å². The van der Waals surface area contributed by atoms with Crippen LogP contribution in [-0.4, -0.2) is 0 Å². The lowest BCUT2D eigenvalue weighted by Crippen LogP contribution is -2.28. The van der Waals surface area contributed by atoms with Crippen molar-refractivity contribution >= 4 is 29.2 Å². The van der Waals surface area contributed by atoms with Crippen LogP contribution in [0.2, 0.25) is 0 Å². The first-order valence-corrected chi connectivity index (χ1v) is 19.2. The lowest BCUT2D eigenvalue weighted by Gasteiger charge is -2.38. The van der Waals surface area contributed by atoms with Crippen LogP contribution in [0.1, 0.15) is 161 Å². The Morgan fingerprint density at radius 3 is 1.48 bits per heavy atom. The summed E-state index contributed by atoms with van der Waals surface area (Å²) >= 11 is 6.92. The number of anilines is 1. The van der Waals surface area contributed by atoms with Crippen molar-refractivity contribution in [2.45, 2.75) is 144 Å². The molecule has 1 unspecified atom stereocenters. The summed E-state index contributed by atoms with van der Waals surface area (Å²) in [5.41, 5.74) is 10.0.